The minimum Gasteiger partial charge on any atom is -0.466 e. The molecule has 0 saturated heterocycles. The van der Waals surface area contributed by atoms with Gasteiger partial charge in [0, 0.05) is 6.42 Å². The molecule has 0 aromatic rings. The maximum absolute atomic E-state index is 13.1. The molecule has 0 fully saturated rings. The third-order valence-corrected chi connectivity index (χ3v) is 5.28. The Balaban J connectivity index is 5.61. The standard InChI is InChI=1S/C26H46O8/c1-5-9-13-17-31-23(28)20-26(34-22(27)16-12-8-4,25(30)33-19-15-11-7-3)21-24(29)32-18-14-10-6-2/h5-21H2,1-4H3. The monoisotopic (exact) mass is 486 g/mol. The Morgan fingerprint density at radius 2 is 0.941 bits per heavy atom. The Morgan fingerprint density at radius 1 is 0.529 bits per heavy atom. The van der Waals surface area contributed by atoms with E-state index < -0.39 is 42.3 Å². The SMILES string of the molecule is CCCCCOC(=O)CC(CC(=O)OCCCCC)(OC(=O)CCCC)C(=O)OCCCCC. The minimum atomic E-state index is -2.10. The van der Waals surface area contributed by atoms with E-state index in [1.165, 1.54) is 0 Å². The van der Waals surface area contributed by atoms with Crippen LogP contribution in [0.1, 0.15) is 118 Å². The first-order chi connectivity index (χ1) is 16.3. The predicted octanol–water partition coefficient (Wildman–Crippen LogP) is 5.44. The molecule has 0 aromatic heterocycles. The van der Waals surface area contributed by atoms with Crippen molar-refractivity contribution in [3.05, 3.63) is 0 Å². The molecule has 0 saturated carbocycles. The summed E-state index contributed by atoms with van der Waals surface area (Å²) < 4.78 is 21.4. The van der Waals surface area contributed by atoms with Crippen molar-refractivity contribution in [3.63, 3.8) is 0 Å². The summed E-state index contributed by atoms with van der Waals surface area (Å²) >= 11 is 0. The van der Waals surface area contributed by atoms with Gasteiger partial charge in [0.25, 0.3) is 0 Å². The van der Waals surface area contributed by atoms with Crippen molar-refractivity contribution in [3.8, 4) is 0 Å². The molecule has 0 bridgehead atoms. The molecule has 0 unspecified atom stereocenters. The van der Waals surface area contributed by atoms with Crippen LogP contribution in [0.15, 0.2) is 0 Å². The van der Waals surface area contributed by atoms with Gasteiger partial charge >= 0.3 is 23.9 Å². The van der Waals surface area contributed by atoms with E-state index in [4.69, 9.17) is 18.9 Å². The molecule has 0 radical (unpaired) electrons. The second-order valence-corrected chi connectivity index (χ2v) is 8.62. The van der Waals surface area contributed by atoms with Gasteiger partial charge in [-0.3, -0.25) is 14.4 Å². The Morgan fingerprint density at radius 3 is 1.35 bits per heavy atom. The molecule has 198 valence electrons. The summed E-state index contributed by atoms with van der Waals surface area (Å²) in [4.78, 5) is 50.9. The van der Waals surface area contributed by atoms with E-state index in [1.54, 1.807) is 0 Å². The van der Waals surface area contributed by atoms with Crippen molar-refractivity contribution in [2.75, 3.05) is 19.8 Å². The van der Waals surface area contributed by atoms with Gasteiger partial charge in [0.15, 0.2) is 0 Å². The highest BCUT2D eigenvalue weighted by Crippen LogP contribution is 2.27. The minimum absolute atomic E-state index is 0.0679. The summed E-state index contributed by atoms with van der Waals surface area (Å²) in [7, 11) is 0. The number of hydrogen-bond acceptors (Lipinski definition) is 8. The number of hydrogen-bond donors (Lipinski definition) is 0. The first kappa shape index (κ1) is 31.9. The van der Waals surface area contributed by atoms with Crippen LogP contribution < -0.4 is 0 Å². The summed E-state index contributed by atoms with van der Waals surface area (Å²) in [6, 6.07) is 0. The average Bonchev–Trinajstić information content (AvgIpc) is 2.80. The van der Waals surface area contributed by atoms with Gasteiger partial charge in [-0.15, -0.1) is 0 Å². The van der Waals surface area contributed by atoms with Crippen LogP contribution in [0.4, 0.5) is 0 Å². The molecule has 0 rings (SSSR count). The summed E-state index contributed by atoms with van der Waals surface area (Å²) in [6.07, 6.45) is 7.71. The number of unbranched alkanes of at least 4 members (excludes halogenated alkanes) is 7. The normalized spacial score (nSPS) is 11.1. The lowest BCUT2D eigenvalue weighted by Crippen LogP contribution is -2.48. The van der Waals surface area contributed by atoms with E-state index in [2.05, 4.69) is 0 Å². The van der Waals surface area contributed by atoms with Gasteiger partial charge in [-0.25, -0.2) is 4.79 Å². The van der Waals surface area contributed by atoms with E-state index in [9.17, 15) is 19.2 Å². The fraction of sp³-hybridized carbons (Fsp3) is 0.846. The molecule has 0 amide bonds. The highest BCUT2D eigenvalue weighted by atomic mass is 16.6. The zero-order valence-electron chi connectivity index (χ0n) is 21.8. The second kappa shape index (κ2) is 20.3. The van der Waals surface area contributed by atoms with E-state index in [-0.39, 0.29) is 26.2 Å². The van der Waals surface area contributed by atoms with Gasteiger partial charge in [0.2, 0.25) is 5.60 Å². The average molecular weight is 487 g/mol. The molecule has 0 aliphatic carbocycles. The van der Waals surface area contributed by atoms with E-state index >= 15 is 0 Å². The lowest BCUT2D eigenvalue weighted by atomic mass is 9.94. The van der Waals surface area contributed by atoms with Crippen LogP contribution in [-0.4, -0.2) is 49.3 Å². The van der Waals surface area contributed by atoms with Crippen LogP contribution in [0.25, 0.3) is 0 Å². The van der Waals surface area contributed by atoms with Crippen LogP contribution in [-0.2, 0) is 38.1 Å². The number of carbonyl (C=O) groups excluding carboxylic acids is 4. The van der Waals surface area contributed by atoms with E-state index in [1.807, 2.05) is 27.7 Å². The number of carbonyl (C=O) groups is 4. The smallest absolute Gasteiger partial charge is 0.351 e. The predicted molar refractivity (Wildman–Crippen MR) is 129 cm³/mol. The van der Waals surface area contributed by atoms with E-state index in [0.29, 0.717) is 25.7 Å². The van der Waals surface area contributed by atoms with Crippen LogP contribution in [0.5, 0.6) is 0 Å². The zero-order chi connectivity index (χ0) is 25.7. The maximum Gasteiger partial charge on any atom is 0.351 e. The number of esters is 4. The van der Waals surface area contributed by atoms with Gasteiger partial charge in [-0.1, -0.05) is 72.6 Å². The molecule has 8 nitrogen and oxygen atoms in total. The van der Waals surface area contributed by atoms with Crippen molar-refractivity contribution in [2.24, 2.45) is 0 Å². The molecular formula is C26H46O8. The van der Waals surface area contributed by atoms with Crippen molar-refractivity contribution in [2.45, 2.75) is 123 Å². The molecule has 0 spiro atoms. The molecule has 34 heavy (non-hydrogen) atoms. The van der Waals surface area contributed by atoms with Crippen LogP contribution in [0, 0.1) is 0 Å². The largest absolute Gasteiger partial charge is 0.466 e. The molecule has 8 heteroatoms. The Labute approximate surface area is 205 Å². The quantitative estimate of drug-likeness (QED) is 0.120. The Hall–Kier alpha value is -2.12. The van der Waals surface area contributed by atoms with Crippen molar-refractivity contribution in [1.29, 1.82) is 0 Å². The third-order valence-electron chi connectivity index (χ3n) is 5.28. The first-order valence-electron chi connectivity index (χ1n) is 13.0. The zero-order valence-corrected chi connectivity index (χ0v) is 21.8. The molecular weight excluding hydrogens is 440 g/mol. The maximum atomic E-state index is 13.1. The fourth-order valence-corrected chi connectivity index (χ4v) is 3.20. The van der Waals surface area contributed by atoms with Gasteiger partial charge in [-0.2, -0.15) is 0 Å². The molecule has 0 aliphatic heterocycles. The summed E-state index contributed by atoms with van der Waals surface area (Å²) in [5.41, 5.74) is -2.10. The number of rotatable bonds is 21. The van der Waals surface area contributed by atoms with Crippen LogP contribution in [0.3, 0.4) is 0 Å². The first-order valence-corrected chi connectivity index (χ1v) is 13.0. The molecule has 0 heterocycles. The van der Waals surface area contributed by atoms with Gasteiger partial charge in [-0.05, 0) is 25.7 Å². The van der Waals surface area contributed by atoms with Crippen molar-refractivity contribution < 1.29 is 38.1 Å². The summed E-state index contributed by atoms with van der Waals surface area (Å²) in [5, 5.41) is 0. The number of ether oxygens (including phenoxy) is 4. The van der Waals surface area contributed by atoms with E-state index in [0.717, 1.165) is 44.9 Å². The van der Waals surface area contributed by atoms with Crippen LogP contribution in [0.2, 0.25) is 0 Å². The Kier molecular flexibility index (Phi) is 19.0. The fourth-order valence-electron chi connectivity index (χ4n) is 3.20. The summed E-state index contributed by atoms with van der Waals surface area (Å²) in [6.45, 7) is 8.50. The van der Waals surface area contributed by atoms with Gasteiger partial charge < -0.3 is 18.9 Å². The summed E-state index contributed by atoms with van der Waals surface area (Å²) in [5.74, 6) is -3.01. The second-order valence-electron chi connectivity index (χ2n) is 8.62. The third kappa shape index (κ3) is 14.9. The highest BCUT2D eigenvalue weighted by molar-refractivity contribution is 5.92. The van der Waals surface area contributed by atoms with Crippen molar-refractivity contribution in [1.82, 2.24) is 0 Å². The lowest BCUT2D eigenvalue weighted by molar-refractivity contribution is -0.191. The molecule has 0 aliphatic rings. The molecule has 0 N–H and O–H groups in total. The molecule has 0 atom stereocenters. The molecule has 0 aromatic carbocycles. The highest BCUT2D eigenvalue weighted by Gasteiger charge is 2.49. The van der Waals surface area contributed by atoms with Gasteiger partial charge in [0.1, 0.15) is 0 Å². The van der Waals surface area contributed by atoms with Crippen molar-refractivity contribution >= 4 is 23.9 Å². The lowest BCUT2D eigenvalue weighted by Gasteiger charge is -2.30. The van der Waals surface area contributed by atoms with Gasteiger partial charge in [0.05, 0.1) is 32.7 Å². The topological polar surface area (TPSA) is 105 Å². The Bertz CT molecular complexity index is 561. The van der Waals surface area contributed by atoms with Crippen LogP contribution >= 0.6 is 0 Å².